The highest BCUT2D eigenvalue weighted by Gasteiger charge is 2.20. The van der Waals surface area contributed by atoms with Gasteiger partial charge in [0.05, 0.1) is 16.9 Å². The van der Waals surface area contributed by atoms with Gasteiger partial charge >= 0.3 is 0 Å². The lowest BCUT2D eigenvalue weighted by atomic mass is 10.1. The van der Waals surface area contributed by atoms with E-state index in [-0.39, 0.29) is 11.6 Å². The number of nitrogens with zero attached hydrogens (tertiary/aromatic N) is 1. The largest absolute Gasteiger partial charge is 0.382 e. The van der Waals surface area contributed by atoms with Gasteiger partial charge < -0.3 is 5.32 Å². The molecular weight excluding hydrogens is 289 g/mol. The van der Waals surface area contributed by atoms with Crippen LogP contribution in [0.2, 0.25) is 0 Å². The Kier molecular flexibility index (Phi) is 3.88. The number of aromatic nitrogens is 1. The molecule has 0 radical (unpaired) electrons. The zero-order valence-corrected chi connectivity index (χ0v) is 12.5. The smallest absolute Gasteiger partial charge is 0.259 e. The monoisotopic (exact) mass is 305 g/mol. The highest BCUT2D eigenvalue weighted by Crippen LogP contribution is 2.31. The number of hydrogen-bond donors (Lipinski definition) is 2. The number of fused-ring (bicyclic) bond motifs is 1. The summed E-state index contributed by atoms with van der Waals surface area (Å²) in [4.78, 5) is 18.0. The van der Waals surface area contributed by atoms with Crippen molar-refractivity contribution in [1.82, 2.24) is 4.98 Å². The third kappa shape index (κ3) is 2.76. The van der Waals surface area contributed by atoms with E-state index in [0.717, 1.165) is 25.0 Å². The van der Waals surface area contributed by atoms with Crippen LogP contribution in [0.5, 0.6) is 0 Å². The van der Waals surface area contributed by atoms with Crippen LogP contribution in [0.25, 0.3) is 0 Å². The van der Waals surface area contributed by atoms with E-state index in [1.165, 1.54) is 28.3 Å². The Balaban J connectivity index is 1.83. The average molecular weight is 305 g/mol. The van der Waals surface area contributed by atoms with Crippen molar-refractivity contribution in [3.8, 4) is 0 Å². The van der Waals surface area contributed by atoms with E-state index in [1.807, 2.05) is 6.92 Å². The van der Waals surface area contributed by atoms with Gasteiger partial charge in [-0.05, 0) is 38.3 Å². The van der Waals surface area contributed by atoms with Crippen molar-refractivity contribution >= 4 is 28.1 Å². The van der Waals surface area contributed by atoms with Crippen LogP contribution in [-0.4, -0.2) is 17.4 Å². The minimum absolute atomic E-state index is 0.238. The Labute approximate surface area is 126 Å². The Hall–Kier alpha value is -1.95. The van der Waals surface area contributed by atoms with Crippen molar-refractivity contribution in [3.63, 3.8) is 0 Å². The van der Waals surface area contributed by atoms with E-state index in [1.54, 1.807) is 6.07 Å². The molecule has 0 aliphatic heterocycles. The standard InChI is InChI=1S/C15H16FN3OS/c1-2-17-13-9(5-3-6-10(13)16)14(20)19-15-18-11-7-4-8-12(11)21-15/h3,5-6,17H,2,4,7-8H2,1H3,(H,18,19,20). The topological polar surface area (TPSA) is 54.0 Å². The Bertz CT molecular complexity index is 662. The van der Waals surface area contributed by atoms with Gasteiger partial charge in [0.25, 0.3) is 5.91 Å². The van der Waals surface area contributed by atoms with Crippen LogP contribution in [0.1, 0.15) is 34.3 Å². The van der Waals surface area contributed by atoms with Crippen LogP contribution in [0.4, 0.5) is 15.2 Å². The molecule has 0 saturated carbocycles. The number of anilines is 2. The molecule has 0 atom stereocenters. The number of carbonyl (C=O) groups is 1. The van der Waals surface area contributed by atoms with E-state index in [9.17, 15) is 9.18 Å². The minimum atomic E-state index is -0.425. The quantitative estimate of drug-likeness (QED) is 0.909. The molecule has 6 heteroatoms. The summed E-state index contributed by atoms with van der Waals surface area (Å²) < 4.78 is 13.8. The fraction of sp³-hybridized carbons (Fsp3) is 0.333. The van der Waals surface area contributed by atoms with Crippen LogP contribution in [0, 0.1) is 5.82 Å². The second kappa shape index (κ2) is 5.81. The lowest BCUT2D eigenvalue weighted by Gasteiger charge is -2.10. The van der Waals surface area contributed by atoms with Gasteiger partial charge in [0.2, 0.25) is 0 Å². The number of halogens is 1. The fourth-order valence-corrected chi connectivity index (χ4v) is 3.52. The minimum Gasteiger partial charge on any atom is -0.382 e. The molecular formula is C15H16FN3OS. The molecule has 1 aliphatic carbocycles. The first-order valence-electron chi connectivity index (χ1n) is 7.01. The first kappa shape index (κ1) is 14.0. The first-order valence-corrected chi connectivity index (χ1v) is 7.83. The molecule has 0 fully saturated rings. The van der Waals surface area contributed by atoms with E-state index >= 15 is 0 Å². The van der Waals surface area contributed by atoms with Gasteiger partial charge in [0, 0.05) is 11.4 Å². The Morgan fingerprint density at radius 3 is 3.05 bits per heavy atom. The van der Waals surface area contributed by atoms with Gasteiger partial charge in [-0.1, -0.05) is 6.07 Å². The maximum Gasteiger partial charge on any atom is 0.259 e. The SMILES string of the molecule is CCNc1c(F)cccc1C(=O)Nc1nc2c(s1)CCC2. The molecule has 110 valence electrons. The van der Waals surface area contributed by atoms with Crippen molar-refractivity contribution < 1.29 is 9.18 Å². The average Bonchev–Trinajstić information content (AvgIpc) is 3.02. The number of amides is 1. The van der Waals surface area contributed by atoms with E-state index in [0.29, 0.717) is 17.2 Å². The van der Waals surface area contributed by atoms with Gasteiger partial charge in [-0.3, -0.25) is 10.1 Å². The van der Waals surface area contributed by atoms with Crippen molar-refractivity contribution in [3.05, 3.63) is 40.2 Å². The summed E-state index contributed by atoms with van der Waals surface area (Å²) in [6, 6.07) is 4.48. The molecule has 1 aromatic carbocycles. The van der Waals surface area contributed by atoms with Gasteiger partial charge in [0.15, 0.2) is 5.13 Å². The third-order valence-electron chi connectivity index (χ3n) is 3.43. The number of hydrogen-bond acceptors (Lipinski definition) is 4. The lowest BCUT2D eigenvalue weighted by molar-refractivity contribution is 0.102. The zero-order chi connectivity index (χ0) is 14.8. The highest BCUT2D eigenvalue weighted by molar-refractivity contribution is 7.16. The molecule has 1 amide bonds. The van der Waals surface area contributed by atoms with E-state index < -0.39 is 5.82 Å². The molecule has 0 saturated heterocycles. The summed E-state index contributed by atoms with van der Waals surface area (Å²) in [5.74, 6) is -0.760. The molecule has 1 heterocycles. The predicted molar refractivity (Wildman–Crippen MR) is 82.7 cm³/mol. The summed E-state index contributed by atoms with van der Waals surface area (Å²) in [6.07, 6.45) is 3.15. The summed E-state index contributed by atoms with van der Waals surface area (Å²) in [6.45, 7) is 2.41. The van der Waals surface area contributed by atoms with Gasteiger partial charge in [-0.15, -0.1) is 11.3 Å². The Morgan fingerprint density at radius 1 is 1.43 bits per heavy atom. The summed E-state index contributed by atoms with van der Waals surface area (Å²) >= 11 is 1.51. The van der Waals surface area contributed by atoms with Crippen LogP contribution in [0.3, 0.4) is 0 Å². The number of rotatable bonds is 4. The van der Waals surface area contributed by atoms with Crippen molar-refractivity contribution in [1.29, 1.82) is 0 Å². The molecule has 0 bridgehead atoms. The predicted octanol–water partition coefficient (Wildman–Crippen LogP) is 3.46. The molecule has 1 aliphatic rings. The van der Waals surface area contributed by atoms with E-state index in [2.05, 4.69) is 15.6 Å². The second-order valence-corrected chi connectivity index (χ2v) is 5.97. The number of thiazole rings is 1. The van der Waals surface area contributed by atoms with Crippen LogP contribution in [-0.2, 0) is 12.8 Å². The summed E-state index contributed by atoms with van der Waals surface area (Å²) in [5, 5.41) is 6.27. The number of benzene rings is 1. The maximum atomic E-state index is 13.8. The molecule has 0 unspecified atom stereocenters. The summed E-state index contributed by atoms with van der Waals surface area (Å²) in [7, 11) is 0. The van der Waals surface area contributed by atoms with Crippen LogP contribution >= 0.6 is 11.3 Å². The molecule has 21 heavy (non-hydrogen) atoms. The van der Waals surface area contributed by atoms with Crippen LogP contribution in [0.15, 0.2) is 18.2 Å². The summed E-state index contributed by atoms with van der Waals surface area (Å²) in [5.41, 5.74) is 1.62. The lowest BCUT2D eigenvalue weighted by Crippen LogP contribution is -2.15. The molecule has 2 N–H and O–H groups in total. The number of nitrogens with one attached hydrogen (secondary N) is 2. The van der Waals surface area contributed by atoms with Gasteiger partial charge in [-0.25, -0.2) is 9.37 Å². The van der Waals surface area contributed by atoms with Gasteiger partial charge in [0.1, 0.15) is 5.82 Å². The normalized spacial score (nSPS) is 13.0. The molecule has 2 aromatic rings. The fourth-order valence-electron chi connectivity index (χ4n) is 2.48. The molecule has 0 spiro atoms. The second-order valence-electron chi connectivity index (χ2n) is 4.89. The third-order valence-corrected chi connectivity index (χ3v) is 4.50. The molecule has 1 aromatic heterocycles. The Morgan fingerprint density at radius 2 is 2.29 bits per heavy atom. The highest BCUT2D eigenvalue weighted by atomic mass is 32.1. The number of aryl methyl sites for hydroxylation is 2. The maximum absolute atomic E-state index is 13.8. The molecule has 3 rings (SSSR count). The van der Waals surface area contributed by atoms with Crippen molar-refractivity contribution in [2.75, 3.05) is 17.2 Å². The number of carbonyl (C=O) groups excluding carboxylic acids is 1. The number of para-hydroxylation sites is 1. The first-order chi connectivity index (χ1) is 10.2. The molecule has 4 nitrogen and oxygen atoms in total. The van der Waals surface area contributed by atoms with Crippen molar-refractivity contribution in [2.24, 2.45) is 0 Å². The van der Waals surface area contributed by atoms with Crippen molar-refractivity contribution in [2.45, 2.75) is 26.2 Å². The van der Waals surface area contributed by atoms with Crippen LogP contribution < -0.4 is 10.6 Å². The van der Waals surface area contributed by atoms with Gasteiger partial charge in [-0.2, -0.15) is 0 Å². The zero-order valence-electron chi connectivity index (χ0n) is 11.7. The van der Waals surface area contributed by atoms with E-state index in [4.69, 9.17) is 0 Å².